The van der Waals surface area contributed by atoms with Gasteiger partial charge in [0.15, 0.2) is 5.82 Å². The van der Waals surface area contributed by atoms with Crippen LogP contribution in [0.2, 0.25) is 0 Å². The highest BCUT2D eigenvalue weighted by Gasteiger charge is 2.49. The van der Waals surface area contributed by atoms with Crippen LogP contribution in [-0.4, -0.2) is 57.2 Å². The number of nitrogens with one attached hydrogen (secondary N) is 1. The molecule has 0 unspecified atom stereocenters. The van der Waals surface area contributed by atoms with Gasteiger partial charge in [-0.2, -0.15) is 10.4 Å². The lowest BCUT2D eigenvalue weighted by Crippen LogP contribution is -2.59. The summed E-state index contributed by atoms with van der Waals surface area (Å²) in [4.78, 5) is 25.1. The molecule has 1 amide bonds. The van der Waals surface area contributed by atoms with Crippen LogP contribution in [0.25, 0.3) is 22.2 Å². The fourth-order valence-corrected chi connectivity index (χ4v) is 5.53. The van der Waals surface area contributed by atoms with E-state index in [0.29, 0.717) is 23.0 Å². The number of H-pyrrole nitrogens is 1. The molecule has 33 heavy (non-hydrogen) atoms. The van der Waals surface area contributed by atoms with E-state index in [4.69, 9.17) is 0 Å². The van der Waals surface area contributed by atoms with Crippen molar-refractivity contribution < 1.29 is 4.79 Å². The Kier molecular flexibility index (Phi) is 4.31. The largest absolute Gasteiger partial charge is 0.355 e. The number of anilines is 1. The van der Waals surface area contributed by atoms with E-state index in [1.165, 1.54) is 6.08 Å². The van der Waals surface area contributed by atoms with E-state index < -0.39 is 0 Å². The fraction of sp³-hybridized carbons (Fsp3) is 0.400. The summed E-state index contributed by atoms with van der Waals surface area (Å²) in [7, 11) is 0. The molecular weight excluding hydrogens is 414 g/mol. The van der Waals surface area contributed by atoms with Crippen LogP contribution in [0.15, 0.2) is 31.1 Å². The molecule has 1 saturated carbocycles. The number of hydrogen-bond donors (Lipinski definition) is 1. The number of aryl methyl sites for hydroxylation is 1. The van der Waals surface area contributed by atoms with Crippen LogP contribution >= 0.6 is 0 Å². The van der Waals surface area contributed by atoms with Gasteiger partial charge in [-0.25, -0.2) is 9.97 Å². The smallest absolute Gasteiger partial charge is 0.245 e. The molecule has 1 aliphatic carbocycles. The number of nitriles is 1. The molecule has 3 fully saturated rings. The number of nitrogens with zero attached hydrogens (tertiary/aromatic N) is 6. The lowest BCUT2D eigenvalue weighted by Gasteiger charge is -2.47. The third-order valence-corrected chi connectivity index (χ3v) is 7.38. The molecule has 0 radical (unpaired) electrons. The van der Waals surface area contributed by atoms with Crippen LogP contribution in [0.4, 0.5) is 5.82 Å². The molecule has 2 saturated heterocycles. The molecule has 4 heterocycles. The maximum atomic E-state index is 11.9. The Morgan fingerprint density at radius 1 is 1.30 bits per heavy atom. The first-order valence-corrected chi connectivity index (χ1v) is 11.4. The van der Waals surface area contributed by atoms with Gasteiger partial charge in [-0.15, -0.1) is 0 Å². The van der Waals surface area contributed by atoms with Crippen molar-refractivity contribution >= 4 is 22.6 Å². The van der Waals surface area contributed by atoms with Crippen molar-refractivity contribution in [3.05, 3.63) is 47.9 Å². The minimum atomic E-state index is -0.0174. The topological polar surface area (TPSA) is 102 Å². The second kappa shape index (κ2) is 7.14. The van der Waals surface area contributed by atoms with Crippen LogP contribution < -0.4 is 4.90 Å². The van der Waals surface area contributed by atoms with E-state index in [-0.39, 0.29) is 11.3 Å². The average molecular weight is 440 g/mol. The highest BCUT2D eigenvalue weighted by Crippen LogP contribution is 2.46. The second-order valence-corrected chi connectivity index (χ2v) is 9.67. The predicted molar refractivity (Wildman–Crippen MR) is 125 cm³/mol. The molecule has 2 aromatic heterocycles. The van der Waals surface area contributed by atoms with E-state index in [9.17, 15) is 10.1 Å². The Morgan fingerprint density at radius 2 is 2.12 bits per heavy atom. The minimum absolute atomic E-state index is 0.0174. The molecule has 3 aromatic rings. The molecule has 0 atom stereocenters. The van der Waals surface area contributed by atoms with Crippen LogP contribution in [-0.2, 0) is 4.79 Å². The summed E-state index contributed by atoms with van der Waals surface area (Å²) in [6.45, 7) is 8.69. The number of amides is 1. The second-order valence-electron chi connectivity index (χ2n) is 9.67. The van der Waals surface area contributed by atoms with Crippen molar-refractivity contribution in [1.29, 1.82) is 5.26 Å². The molecule has 1 N–H and O–H groups in total. The Balaban J connectivity index is 1.40. The zero-order valence-corrected chi connectivity index (χ0v) is 18.6. The van der Waals surface area contributed by atoms with Gasteiger partial charge in [0.1, 0.15) is 18.0 Å². The first-order valence-electron chi connectivity index (χ1n) is 11.4. The summed E-state index contributed by atoms with van der Waals surface area (Å²) < 4.78 is 0. The maximum Gasteiger partial charge on any atom is 0.245 e. The van der Waals surface area contributed by atoms with Gasteiger partial charge in [-0.1, -0.05) is 12.6 Å². The lowest BCUT2D eigenvalue weighted by molar-refractivity contribution is -0.136. The Hall–Kier alpha value is -3.73. The van der Waals surface area contributed by atoms with Crippen molar-refractivity contribution in [3.63, 3.8) is 0 Å². The summed E-state index contributed by atoms with van der Waals surface area (Å²) in [5.74, 6) is 1.14. The zero-order valence-electron chi connectivity index (χ0n) is 18.6. The molecule has 166 valence electrons. The Bertz CT molecular complexity index is 1340. The number of aromatic nitrogens is 4. The monoisotopic (exact) mass is 439 g/mol. The van der Waals surface area contributed by atoms with Gasteiger partial charge < -0.3 is 9.80 Å². The molecule has 3 aliphatic rings. The Labute approximate surface area is 191 Å². The van der Waals surface area contributed by atoms with Crippen molar-refractivity contribution in [1.82, 2.24) is 25.1 Å². The van der Waals surface area contributed by atoms with Gasteiger partial charge >= 0.3 is 0 Å². The summed E-state index contributed by atoms with van der Waals surface area (Å²) in [6.07, 6.45) is 6.21. The third-order valence-electron chi connectivity index (χ3n) is 7.38. The van der Waals surface area contributed by atoms with E-state index in [0.717, 1.165) is 73.2 Å². The van der Waals surface area contributed by atoms with Gasteiger partial charge in [-0.3, -0.25) is 9.89 Å². The van der Waals surface area contributed by atoms with Crippen LogP contribution in [0.5, 0.6) is 0 Å². The third kappa shape index (κ3) is 3.03. The standard InChI is InChI=1S/C25H25N7O/c1-3-19(33)32-12-25(13-32)8-9-31(11-25)24-17(10-26)23(27-14-28-24)20-15(2)4-7-18-21(20)22(30-29-18)16-5-6-16/h3-4,7,14,16H,1,5-6,8-9,11-13H2,2H3,(H,29,30). The molecule has 1 spiro atoms. The van der Waals surface area contributed by atoms with E-state index >= 15 is 0 Å². The molecule has 2 aliphatic heterocycles. The van der Waals surface area contributed by atoms with Crippen LogP contribution in [0.3, 0.4) is 0 Å². The zero-order chi connectivity index (χ0) is 22.7. The highest BCUT2D eigenvalue weighted by molar-refractivity contribution is 5.99. The van der Waals surface area contributed by atoms with Gasteiger partial charge in [0.05, 0.1) is 16.9 Å². The summed E-state index contributed by atoms with van der Waals surface area (Å²) in [5.41, 5.74) is 5.35. The summed E-state index contributed by atoms with van der Waals surface area (Å²) in [5, 5.41) is 19.1. The summed E-state index contributed by atoms with van der Waals surface area (Å²) >= 11 is 0. The van der Waals surface area contributed by atoms with Gasteiger partial charge in [0.2, 0.25) is 5.91 Å². The number of aromatic amines is 1. The molecule has 0 bridgehead atoms. The summed E-state index contributed by atoms with van der Waals surface area (Å²) in [6, 6.07) is 6.52. The number of rotatable bonds is 4. The van der Waals surface area contributed by atoms with Crippen molar-refractivity contribution in [2.75, 3.05) is 31.1 Å². The first kappa shape index (κ1) is 19.9. The van der Waals surface area contributed by atoms with Crippen LogP contribution in [0, 0.1) is 23.7 Å². The number of hydrogen-bond acceptors (Lipinski definition) is 6. The van der Waals surface area contributed by atoms with E-state index in [1.807, 2.05) is 4.90 Å². The minimum Gasteiger partial charge on any atom is -0.355 e. The number of fused-ring (bicyclic) bond motifs is 1. The average Bonchev–Trinajstić information content (AvgIpc) is 3.40. The molecule has 8 heteroatoms. The van der Waals surface area contributed by atoms with Gasteiger partial charge in [0.25, 0.3) is 0 Å². The molecular formula is C25H25N7O. The van der Waals surface area contributed by atoms with E-state index in [2.05, 4.69) is 56.8 Å². The van der Waals surface area contributed by atoms with Crippen molar-refractivity contribution in [3.8, 4) is 17.3 Å². The van der Waals surface area contributed by atoms with Crippen molar-refractivity contribution in [2.24, 2.45) is 5.41 Å². The lowest BCUT2D eigenvalue weighted by atomic mass is 9.79. The molecule has 8 nitrogen and oxygen atoms in total. The van der Waals surface area contributed by atoms with Gasteiger partial charge in [0, 0.05) is 48.5 Å². The Morgan fingerprint density at radius 3 is 2.85 bits per heavy atom. The molecule has 6 rings (SSSR count). The number of likely N-dealkylation sites (tertiary alicyclic amines) is 1. The maximum absolute atomic E-state index is 11.9. The normalized spacial score (nSPS) is 19.0. The van der Waals surface area contributed by atoms with Crippen LogP contribution in [0.1, 0.15) is 42.0 Å². The highest BCUT2D eigenvalue weighted by atomic mass is 16.2. The van der Waals surface area contributed by atoms with Gasteiger partial charge in [-0.05, 0) is 43.9 Å². The quantitative estimate of drug-likeness (QED) is 0.626. The van der Waals surface area contributed by atoms with E-state index in [1.54, 1.807) is 6.33 Å². The fourth-order valence-electron chi connectivity index (χ4n) is 5.53. The number of carbonyl (C=O) groups excluding carboxylic acids is 1. The SMILES string of the molecule is C=CC(=O)N1CC2(CCN(c3ncnc(-c4c(C)ccc5[nH]nc(C6CC6)c45)c3C#N)C2)C1. The predicted octanol–water partition coefficient (Wildman–Crippen LogP) is 3.30. The van der Waals surface area contributed by atoms with Crippen molar-refractivity contribution in [2.45, 2.75) is 32.1 Å². The molecule has 1 aromatic carbocycles. The number of benzene rings is 1. The first-order chi connectivity index (χ1) is 16.0. The number of carbonyl (C=O) groups is 1.